The highest BCUT2D eigenvalue weighted by Gasteiger charge is 2.58. The van der Waals surface area contributed by atoms with E-state index in [0.717, 1.165) is 0 Å². The molecule has 20 heavy (non-hydrogen) atoms. The number of aliphatic carboxylic acids is 1. The third-order valence-corrected chi connectivity index (χ3v) is 3.00. The molecule has 4 nitrogen and oxygen atoms in total. The number of hydrogen-bond donors (Lipinski definition) is 2. The number of carboxylic acids is 1. The number of amides is 1. The average Bonchev–Trinajstić information content (AvgIpc) is 2.30. The smallest absolute Gasteiger partial charge is 0.422 e. The van der Waals surface area contributed by atoms with Gasteiger partial charge in [-0.25, -0.2) is 4.79 Å². The Labute approximate surface area is 113 Å². The summed E-state index contributed by atoms with van der Waals surface area (Å²) in [6.07, 6.45) is -5.10. The molecule has 110 valence electrons. The number of alkyl halides is 3. The van der Waals surface area contributed by atoms with Crippen LogP contribution in [0, 0.1) is 13.8 Å². The Kier molecular flexibility index (Phi) is 4.12. The lowest BCUT2D eigenvalue weighted by atomic mass is 9.99. The van der Waals surface area contributed by atoms with Crippen molar-refractivity contribution in [3.8, 4) is 0 Å². The van der Waals surface area contributed by atoms with Crippen molar-refractivity contribution in [3.63, 3.8) is 0 Å². The SMILES string of the molecule is Cc1ccc(C)c(C(=O)NC(C)(C(=O)O)C(F)(F)F)c1. The van der Waals surface area contributed by atoms with Crippen LogP contribution in [0.5, 0.6) is 0 Å². The van der Waals surface area contributed by atoms with Crippen LogP contribution in [-0.2, 0) is 4.79 Å². The molecule has 1 amide bonds. The van der Waals surface area contributed by atoms with Gasteiger partial charge in [0.25, 0.3) is 5.91 Å². The molecule has 1 aromatic rings. The summed E-state index contributed by atoms with van der Waals surface area (Å²) in [6.45, 7) is 3.65. The number of halogens is 3. The summed E-state index contributed by atoms with van der Waals surface area (Å²) in [5, 5.41) is 10.3. The third kappa shape index (κ3) is 2.92. The molecule has 1 aromatic carbocycles. The van der Waals surface area contributed by atoms with E-state index in [9.17, 15) is 22.8 Å². The summed E-state index contributed by atoms with van der Waals surface area (Å²) in [5.41, 5.74) is -2.17. The van der Waals surface area contributed by atoms with E-state index in [0.29, 0.717) is 18.1 Å². The van der Waals surface area contributed by atoms with Crippen molar-refractivity contribution < 1.29 is 27.9 Å². The minimum absolute atomic E-state index is 0.0155. The molecule has 0 aliphatic heterocycles. The van der Waals surface area contributed by atoms with Crippen LogP contribution in [0.25, 0.3) is 0 Å². The first-order chi connectivity index (χ1) is 8.99. The molecule has 2 N–H and O–H groups in total. The van der Waals surface area contributed by atoms with Crippen LogP contribution < -0.4 is 5.32 Å². The van der Waals surface area contributed by atoms with Gasteiger partial charge < -0.3 is 10.4 Å². The van der Waals surface area contributed by atoms with E-state index < -0.39 is 23.6 Å². The van der Waals surface area contributed by atoms with Crippen LogP contribution in [0.15, 0.2) is 18.2 Å². The molecule has 1 unspecified atom stereocenters. The third-order valence-electron chi connectivity index (χ3n) is 3.00. The Morgan fingerprint density at radius 2 is 1.75 bits per heavy atom. The van der Waals surface area contributed by atoms with Crippen molar-refractivity contribution in [2.24, 2.45) is 0 Å². The van der Waals surface area contributed by atoms with Crippen LogP contribution >= 0.6 is 0 Å². The fourth-order valence-corrected chi connectivity index (χ4v) is 1.52. The van der Waals surface area contributed by atoms with Crippen LogP contribution in [0.4, 0.5) is 13.2 Å². The monoisotopic (exact) mass is 289 g/mol. The summed E-state index contributed by atoms with van der Waals surface area (Å²) < 4.78 is 38.4. The summed E-state index contributed by atoms with van der Waals surface area (Å²) >= 11 is 0. The Balaban J connectivity index is 3.16. The molecule has 1 atom stereocenters. The van der Waals surface area contributed by atoms with Crippen molar-refractivity contribution >= 4 is 11.9 Å². The van der Waals surface area contributed by atoms with Gasteiger partial charge in [-0.15, -0.1) is 0 Å². The maximum Gasteiger partial charge on any atom is 0.422 e. The van der Waals surface area contributed by atoms with Crippen molar-refractivity contribution in [2.45, 2.75) is 32.5 Å². The predicted octanol–water partition coefficient (Wildman–Crippen LogP) is 2.44. The molecular weight excluding hydrogens is 275 g/mol. The molecule has 0 aliphatic carbocycles. The fourth-order valence-electron chi connectivity index (χ4n) is 1.52. The van der Waals surface area contributed by atoms with Crippen LogP contribution in [-0.4, -0.2) is 28.7 Å². The molecule has 7 heteroatoms. The van der Waals surface area contributed by atoms with Crippen molar-refractivity contribution in [1.29, 1.82) is 0 Å². The first-order valence-electron chi connectivity index (χ1n) is 5.69. The lowest BCUT2D eigenvalue weighted by Crippen LogP contribution is -2.61. The largest absolute Gasteiger partial charge is 0.479 e. The number of nitrogens with one attached hydrogen (secondary N) is 1. The average molecular weight is 289 g/mol. The minimum Gasteiger partial charge on any atom is -0.479 e. The zero-order chi connectivity index (χ0) is 15.7. The first-order valence-corrected chi connectivity index (χ1v) is 5.69. The summed E-state index contributed by atoms with van der Waals surface area (Å²) in [5.74, 6) is -3.24. The van der Waals surface area contributed by atoms with Gasteiger partial charge in [0, 0.05) is 5.56 Å². The molecule has 0 bridgehead atoms. The predicted molar refractivity (Wildman–Crippen MR) is 65.5 cm³/mol. The molecule has 0 saturated heterocycles. The van der Waals surface area contributed by atoms with Gasteiger partial charge in [-0.1, -0.05) is 17.7 Å². The Bertz CT molecular complexity index is 554. The van der Waals surface area contributed by atoms with Crippen LogP contribution in [0.1, 0.15) is 28.4 Å². The summed E-state index contributed by atoms with van der Waals surface area (Å²) in [7, 11) is 0. The van der Waals surface area contributed by atoms with Gasteiger partial charge in [0.05, 0.1) is 0 Å². The Hall–Kier alpha value is -2.05. The molecule has 1 rings (SSSR count). The Morgan fingerprint density at radius 1 is 1.20 bits per heavy atom. The molecule has 0 aliphatic rings. The van der Waals surface area contributed by atoms with Crippen LogP contribution in [0.3, 0.4) is 0 Å². The Morgan fingerprint density at radius 3 is 2.20 bits per heavy atom. The van der Waals surface area contributed by atoms with Gasteiger partial charge in [-0.3, -0.25) is 4.79 Å². The maximum absolute atomic E-state index is 12.8. The topological polar surface area (TPSA) is 66.4 Å². The molecule has 0 spiro atoms. The number of benzene rings is 1. The molecule has 0 radical (unpaired) electrons. The first kappa shape index (κ1) is 16.0. The molecule has 0 fully saturated rings. The number of carboxylic acid groups (broad SMARTS) is 1. The quantitative estimate of drug-likeness (QED) is 0.898. The van der Waals surface area contributed by atoms with Crippen molar-refractivity contribution in [2.75, 3.05) is 0 Å². The highest BCUT2D eigenvalue weighted by Crippen LogP contribution is 2.30. The number of aryl methyl sites for hydroxylation is 2. The van der Waals surface area contributed by atoms with Gasteiger partial charge in [0.15, 0.2) is 0 Å². The molecule has 0 saturated carbocycles. The van der Waals surface area contributed by atoms with E-state index in [4.69, 9.17) is 5.11 Å². The second kappa shape index (κ2) is 5.15. The number of carbonyl (C=O) groups is 2. The van der Waals surface area contributed by atoms with E-state index in [1.807, 2.05) is 0 Å². The minimum atomic E-state index is -5.10. The second-order valence-electron chi connectivity index (χ2n) is 4.70. The van der Waals surface area contributed by atoms with E-state index >= 15 is 0 Å². The van der Waals surface area contributed by atoms with E-state index in [1.165, 1.54) is 6.07 Å². The van der Waals surface area contributed by atoms with Crippen molar-refractivity contribution in [1.82, 2.24) is 5.32 Å². The zero-order valence-electron chi connectivity index (χ0n) is 11.1. The molecule has 0 aromatic heterocycles. The van der Waals surface area contributed by atoms with Gasteiger partial charge in [-0.2, -0.15) is 13.2 Å². The summed E-state index contributed by atoms with van der Waals surface area (Å²) in [6, 6.07) is 4.69. The standard InChI is InChI=1S/C13H14F3NO3/c1-7-4-5-8(2)9(6-7)10(18)17-12(3,11(19)20)13(14,15)16/h4-6H,1-3H3,(H,17,18)(H,19,20). The zero-order valence-corrected chi connectivity index (χ0v) is 11.1. The number of rotatable bonds is 3. The van der Waals surface area contributed by atoms with E-state index in [2.05, 4.69) is 0 Å². The lowest BCUT2D eigenvalue weighted by Gasteiger charge is -2.28. The highest BCUT2D eigenvalue weighted by atomic mass is 19.4. The molecular formula is C13H14F3NO3. The van der Waals surface area contributed by atoms with Crippen molar-refractivity contribution in [3.05, 3.63) is 34.9 Å². The normalized spacial score (nSPS) is 14.5. The van der Waals surface area contributed by atoms with E-state index in [1.54, 1.807) is 31.3 Å². The fraction of sp³-hybridized carbons (Fsp3) is 0.385. The highest BCUT2D eigenvalue weighted by molar-refractivity contribution is 5.99. The van der Waals surface area contributed by atoms with Crippen LogP contribution in [0.2, 0.25) is 0 Å². The lowest BCUT2D eigenvalue weighted by molar-refractivity contribution is -0.203. The van der Waals surface area contributed by atoms with Gasteiger partial charge in [0.2, 0.25) is 5.54 Å². The van der Waals surface area contributed by atoms with Gasteiger partial charge in [-0.05, 0) is 32.4 Å². The van der Waals surface area contributed by atoms with Gasteiger partial charge >= 0.3 is 12.1 Å². The van der Waals surface area contributed by atoms with E-state index in [-0.39, 0.29) is 5.56 Å². The number of hydrogen-bond acceptors (Lipinski definition) is 2. The molecule has 0 heterocycles. The maximum atomic E-state index is 12.8. The number of carbonyl (C=O) groups excluding carboxylic acids is 1. The summed E-state index contributed by atoms with van der Waals surface area (Å²) in [4.78, 5) is 22.8. The second-order valence-corrected chi connectivity index (χ2v) is 4.70. The van der Waals surface area contributed by atoms with Gasteiger partial charge in [0.1, 0.15) is 0 Å².